The number of esters is 3. The first-order valence-electron chi connectivity index (χ1n) is 33.1. The quantitative estimate of drug-likeness (QED) is 0.0261. The second-order valence-electron chi connectivity index (χ2n) is 22.0. The standard InChI is InChI=1S/C71H124O6/c1-4-7-10-13-16-18-20-22-24-26-28-30-31-32-33-34-35-36-37-38-39-41-42-44-46-48-50-52-55-58-61-64-70(73)76-67-68(66-75-69(72)63-60-57-54-15-12-9-6-3)77-71(74)65-62-59-56-53-51-49-47-45-43-40-29-27-25-23-21-19-17-14-11-8-5-2/h7,10,16,18,21-24,27-30,43,45,68H,4-6,8-9,11-15,17,19-20,25-26,31-42,44,46-67H2,1-3H3/b10-7-,18-16-,23-21-,24-22-,29-27-,30-28-,45-43-. The van der Waals surface area contributed by atoms with Crippen LogP contribution in [0.25, 0.3) is 0 Å². The number of hydrogen-bond acceptors (Lipinski definition) is 6. The van der Waals surface area contributed by atoms with Gasteiger partial charge in [-0.15, -0.1) is 0 Å². The van der Waals surface area contributed by atoms with E-state index in [2.05, 4.69) is 106 Å². The molecule has 0 aliphatic rings. The molecule has 0 aromatic rings. The summed E-state index contributed by atoms with van der Waals surface area (Å²) in [7, 11) is 0. The summed E-state index contributed by atoms with van der Waals surface area (Å²) in [6, 6.07) is 0. The lowest BCUT2D eigenvalue weighted by Gasteiger charge is -2.18. The molecule has 77 heavy (non-hydrogen) atoms. The molecule has 0 saturated carbocycles. The third-order valence-corrected chi connectivity index (χ3v) is 14.4. The van der Waals surface area contributed by atoms with E-state index in [9.17, 15) is 14.4 Å². The number of carbonyl (C=O) groups is 3. The van der Waals surface area contributed by atoms with Crippen LogP contribution >= 0.6 is 0 Å². The highest BCUT2D eigenvalue weighted by Gasteiger charge is 2.19. The van der Waals surface area contributed by atoms with Crippen LogP contribution in [0.1, 0.15) is 329 Å². The lowest BCUT2D eigenvalue weighted by atomic mass is 10.0. The van der Waals surface area contributed by atoms with Gasteiger partial charge in [0.25, 0.3) is 0 Å². The van der Waals surface area contributed by atoms with Gasteiger partial charge in [-0.05, 0) is 96.3 Å². The molecule has 0 rings (SSSR count). The normalized spacial score (nSPS) is 12.6. The zero-order valence-corrected chi connectivity index (χ0v) is 51.0. The lowest BCUT2D eigenvalue weighted by molar-refractivity contribution is -0.167. The zero-order chi connectivity index (χ0) is 55.7. The van der Waals surface area contributed by atoms with E-state index in [-0.39, 0.29) is 31.1 Å². The Bertz CT molecular complexity index is 1470. The van der Waals surface area contributed by atoms with Crippen LogP contribution in [0, 0.1) is 0 Å². The van der Waals surface area contributed by atoms with Crippen molar-refractivity contribution in [3.8, 4) is 0 Å². The molecular weight excluding hydrogens is 949 g/mol. The molecule has 0 bridgehead atoms. The molecule has 0 aromatic carbocycles. The Morgan fingerprint density at radius 1 is 0.273 bits per heavy atom. The first-order valence-corrected chi connectivity index (χ1v) is 33.1. The molecule has 0 aromatic heterocycles. The molecule has 0 N–H and O–H groups in total. The average Bonchev–Trinajstić information content (AvgIpc) is 3.43. The third kappa shape index (κ3) is 63.3. The molecular formula is C71H124O6. The van der Waals surface area contributed by atoms with Crippen LogP contribution < -0.4 is 0 Å². The van der Waals surface area contributed by atoms with E-state index in [0.29, 0.717) is 19.3 Å². The summed E-state index contributed by atoms with van der Waals surface area (Å²) in [6.07, 6.45) is 86.3. The number of allylic oxidation sites excluding steroid dienone is 14. The molecule has 0 heterocycles. The van der Waals surface area contributed by atoms with Crippen LogP contribution in [-0.4, -0.2) is 37.2 Å². The molecule has 0 fully saturated rings. The van der Waals surface area contributed by atoms with Gasteiger partial charge in [-0.25, -0.2) is 0 Å². The first-order chi connectivity index (χ1) is 38.0. The Morgan fingerprint density at radius 3 is 0.792 bits per heavy atom. The Kier molecular flexibility index (Phi) is 62.2. The van der Waals surface area contributed by atoms with Gasteiger partial charge >= 0.3 is 17.9 Å². The van der Waals surface area contributed by atoms with Gasteiger partial charge in [0.05, 0.1) is 0 Å². The molecule has 1 unspecified atom stereocenters. The van der Waals surface area contributed by atoms with Crippen molar-refractivity contribution in [3.63, 3.8) is 0 Å². The molecule has 0 amide bonds. The van der Waals surface area contributed by atoms with Gasteiger partial charge in [-0.2, -0.15) is 0 Å². The second-order valence-corrected chi connectivity index (χ2v) is 22.0. The van der Waals surface area contributed by atoms with E-state index in [0.717, 1.165) is 109 Å². The van der Waals surface area contributed by atoms with Crippen LogP contribution in [0.3, 0.4) is 0 Å². The van der Waals surface area contributed by atoms with E-state index in [1.807, 2.05) is 0 Å². The maximum Gasteiger partial charge on any atom is 0.306 e. The van der Waals surface area contributed by atoms with E-state index >= 15 is 0 Å². The second kappa shape index (κ2) is 65.1. The van der Waals surface area contributed by atoms with Gasteiger partial charge in [-0.3, -0.25) is 14.4 Å². The smallest absolute Gasteiger partial charge is 0.306 e. The van der Waals surface area contributed by atoms with E-state index in [1.165, 1.54) is 180 Å². The average molecular weight is 1070 g/mol. The minimum Gasteiger partial charge on any atom is -0.462 e. The fourth-order valence-electron chi connectivity index (χ4n) is 9.44. The molecule has 444 valence electrons. The van der Waals surface area contributed by atoms with Crippen molar-refractivity contribution in [2.75, 3.05) is 13.2 Å². The molecule has 6 nitrogen and oxygen atoms in total. The zero-order valence-electron chi connectivity index (χ0n) is 51.0. The Balaban J connectivity index is 4.07. The highest BCUT2D eigenvalue weighted by molar-refractivity contribution is 5.71. The summed E-state index contributed by atoms with van der Waals surface area (Å²) in [4.78, 5) is 38.1. The van der Waals surface area contributed by atoms with E-state index in [1.54, 1.807) is 0 Å². The number of carbonyl (C=O) groups excluding carboxylic acids is 3. The summed E-state index contributed by atoms with van der Waals surface area (Å²) < 4.78 is 16.8. The van der Waals surface area contributed by atoms with Crippen molar-refractivity contribution in [2.24, 2.45) is 0 Å². The Hall–Kier alpha value is -3.41. The molecule has 0 spiro atoms. The van der Waals surface area contributed by atoms with E-state index in [4.69, 9.17) is 14.2 Å². The van der Waals surface area contributed by atoms with Gasteiger partial charge in [0.15, 0.2) is 6.10 Å². The molecule has 0 aliphatic carbocycles. The fraction of sp³-hybridized carbons (Fsp3) is 0.761. The molecule has 0 aliphatic heterocycles. The van der Waals surface area contributed by atoms with Crippen LogP contribution in [0.2, 0.25) is 0 Å². The lowest BCUT2D eigenvalue weighted by Crippen LogP contribution is -2.30. The Morgan fingerprint density at radius 2 is 0.506 bits per heavy atom. The van der Waals surface area contributed by atoms with Gasteiger partial charge in [0, 0.05) is 19.3 Å². The van der Waals surface area contributed by atoms with Crippen LogP contribution in [0.15, 0.2) is 85.1 Å². The molecule has 0 saturated heterocycles. The number of ether oxygens (including phenoxy) is 3. The number of hydrogen-bond donors (Lipinski definition) is 0. The predicted molar refractivity (Wildman–Crippen MR) is 334 cm³/mol. The van der Waals surface area contributed by atoms with Crippen molar-refractivity contribution in [1.82, 2.24) is 0 Å². The minimum atomic E-state index is -0.780. The van der Waals surface area contributed by atoms with Crippen LogP contribution in [0.5, 0.6) is 0 Å². The highest BCUT2D eigenvalue weighted by Crippen LogP contribution is 2.17. The summed E-state index contributed by atoms with van der Waals surface area (Å²) in [5, 5.41) is 0. The largest absolute Gasteiger partial charge is 0.462 e. The van der Waals surface area contributed by atoms with Crippen molar-refractivity contribution < 1.29 is 28.6 Å². The SMILES string of the molecule is CC/C=C\C/C=C\C/C=C\C/C=C\CCCCCCCCCCCCCCCCCCCCC(=O)OCC(COC(=O)CCCCCCCCC)OC(=O)CCCCCCCC/C=C\C/C=C\C/C=C\CCCCCCC. The maximum absolute atomic E-state index is 12.9. The van der Waals surface area contributed by atoms with Gasteiger partial charge in [0.2, 0.25) is 0 Å². The molecule has 1 atom stereocenters. The van der Waals surface area contributed by atoms with Gasteiger partial charge in [0.1, 0.15) is 13.2 Å². The molecule has 6 heteroatoms. The van der Waals surface area contributed by atoms with Crippen molar-refractivity contribution in [3.05, 3.63) is 85.1 Å². The number of unbranched alkanes of at least 4 members (excludes halogenated alkanes) is 35. The fourth-order valence-corrected chi connectivity index (χ4v) is 9.44. The van der Waals surface area contributed by atoms with E-state index < -0.39 is 6.10 Å². The van der Waals surface area contributed by atoms with Gasteiger partial charge in [-0.1, -0.05) is 298 Å². The molecule has 0 radical (unpaired) electrons. The monoisotopic (exact) mass is 1070 g/mol. The van der Waals surface area contributed by atoms with Crippen LogP contribution in [-0.2, 0) is 28.6 Å². The minimum absolute atomic E-state index is 0.0781. The van der Waals surface area contributed by atoms with Crippen molar-refractivity contribution >= 4 is 17.9 Å². The topological polar surface area (TPSA) is 78.9 Å². The summed E-state index contributed by atoms with van der Waals surface area (Å²) in [6.45, 7) is 6.49. The number of rotatable bonds is 60. The maximum atomic E-state index is 12.9. The summed E-state index contributed by atoms with van der Waals surface area (Å²) in [5.74, 6) is -0.884. The highest BCUT2D eigenvalue weighted by atomic mass is 16.6. The first kappa shape index (κ1) is 73.6. The van der Waals surface area contributed by atoms with Gasteiger partial charge < -0.3 is 14.2 Å². The Labute approximate surface area is 477 Å². The third-order valence-electron chi connectivity index (χ3n) is 14.4. The van der Waals surface area contributed by atoms with Crippen LogP contribution in [0.4, 0.5) is 0 Å². The summed E-state index contributed by atoms with van der Waals surface area (Å²) in [5.41, 5.74) is 0. The van der Waals surface area contributed by atoms with Crippen molar-refractivity contribution in [1.29, 1.82) is 0 Å². The summed E-state index contributed by atoms with van der Waals surface area (Å²) >= 11 is 0. The predicted octanol–water partition coefficient (Wildman–Crippen LogP) is 22.7. The van der Waals surface area contributed by atoms with Crippen molar-refractivity contribution in [2.45, 2.75) is 335 Å².